The molecule has 0 spiro atoms. The molecule has 1 saturated heterocycles. The minimum atomic E-state index is -3.01. The number of nitrogens with one attached hydrogen (secondary N) is 2. The number of alkyl halides is 2. The highest BCUT2D eigenvalue weighted by Gasteiger charge is 2.17. The summed E-state index contributed by atoms with van der Waals surface area (Å²) in [6.07, 6.45) is 5.19. The SMILES string of the molecule is COc1cc(C(=O)NCC(=O)NCc2cccnc2N2CCCCC2)ccc1OC(F)F. The molecule has 0 saturated carbocycles. The number of piperidine rings is 1. The third-order valence-corrected chi connectivity index (χ3v) is 5.05. The van der Waals surface area contributed by atoms with Gasteiger partial charge in [-0.1, -0.05) is 6.07 Å². The molecule has 3 rings (SSSR count). The first-order valence-corrected chi connectivity index (χ1v) is 10.3. The van der Waals surface area contributed by atoms with Crippen LogP contribution in [-0.4, -0.2) is 50.2 Å². The van der Waals surface area contributed by atoms with Crippen LogP contribution in [0, 0.1) is 0 Å². The van der Waals surface area contributed by atoms with Crippen LogP contribution in [0.25, 0.3) is 0 Å². The second-order valence-electron chi connectivity index (χ2n) is 7.24. The van der Waals surface area contributed by atoms with Crippen LogP contribution < -0.4 is 25.0 Å². The van der Waals surface area contributed by atoms with Gasteiger partial charge in [0, 0.05) is 37.0 Å². The molecule has 0 bridgehead atoms. The van der Waals surface area contributed by atoms with E-state index in [1.807, 2.05) is 12.1 Å². The maximum absolute atomic E-state index is 12.4. The Kier molecular flexibility index (Phi) is 8.18. The summed E-state index contributed by atoms with van der Waals surface area (Å²) in [5.74, 6) is -0.231. The molecule has 0 unspecified atom stereocenters. The lowest BCUT2D eigenvalue weighted by molar-refractivity contribution is -0.120. The van der Waals surface area contributed by atoms with Gasteiger partial charge in [0.25, 0.3) is 5.91 Å². The van der Waals surface area contributed by atoms with E-state index in [1.54, 1.807) is 6.20 Å². The van der Waals surface area contributed by atoms with Gasteiger partial charge in [0.1, 0.15) is 5.82 Å². The molecule has 172 valence electrons. The molecular weight excluding hydrogens is 422 g/mol. The van der Waals surface area contributed by atoms with Gasteiger partial charge in [-0.25, -0.2) is 4.98 Å². The first kappa shape index (κ1) is 23.2. The zero-order chi connectivity index (χ0) is 22.9. The van der Waals surface area contributed by atoms with E-state index in [4.69, 9.17) is 4.74 Å². The van der Waals surface area contributed by atoms with Gasteiger partial charge in [-0.05, 0) is 43.5 Å². The summed E-state index contributed by atoms with van der Waals surface area (Å²) in [5.41, 5.74) is 1.06. The minimum absolute atomic E-state index is 0.00998. The highest BCUT2D eigenvalue weighted by Crippen LogP contribution is 2.29. The third-order valence-electron chi connectivity index (χ3n) is 5.05. The molecule has 2 amide bonds. The summed E-state index contributed by atoms with van der Waals surface area (Å²) in [4.78, 5) is 31.3. The Morgan fingerprint density at radius 3 is 2.62 bits per heavy atom. The summed E-state index contributed by atoms with van der Waals surface area (Å²) in [5, 5.41) is 5.29. The Hall–Kier alpha value is -3.43. The lowest BCUT2D eigenvalue weighted by Crippen LogP contribution is -2.37. The molecule has 2 heterocycles. The number of hydrogen-bond acceptors (Lipinski definition) is 6. The summed E-state index contributed by atoms with van der Waals surface area (Å²) in [6, 6.07) is 7.54. The molecule has 1 aliphatic heterocycles. The molecule has 32 heavy (non-hydrogen) atoms. The molecule has 1 aromatic carbocycles. The number of carbonyl (C=O) groups excluding carboxylic acids is 2. The van der Waals surface area contributed by atoms with Gasteiger partial charge in [0.05, 0.1) is 13.7 Å². The second-order valence-corrected chi connectivity index (χ2v) is 7.24. The number of halogens is 2. The molecule has 0 aliphatic carbocycles. The average Bonchev–Trinajstić information content (AvgIpc) is 2.81. The van der Waals surface area contributed by atoms with Gasteiger partial charge >= 0.3 is 6.61 Å². The molecule has 2 aromatic rings. The van der Waals surface area contributed by atoms with Gasteiger partial charge < -0.3 is 25.0 Å². The number of anilines is 1. The minimum Gasteiger partial charge on any atom is -0.493 e. The van der Waals surface area contributed by atoms with Crippen LogP contribution in [0.1, 0.15) is 35.2 Å². The van der Waals surface area contributed by atoms with Crippen molar-refractivity contribution in [3.63, 3.8) is 0 Å². The standard InChI is InChI=1S/C22H26F2N4O4/c1-31-18-12-15(7-8-17(18)32-22(23)24)21(30)27-14-19(29)26-13-16-6-5-9-25-20(16)28-10-3-2-4-11-28/h5-9,12,22H,2-4,10-11,13-14H2,1H3,(H,26,29)(H,27,30). The van der Waals surface area contributed by atoms with E-state index in [0.29, 0.717) is 6.54 Å². The van der Waals surface area contributed by atoms with E-state index in [9.17, 15) is 18.4 Å². The van der Waals surface area contributed by atoms with Crippen molar-refractivity contribution in [3.05, 3.63) is 47.7 Å². The molecule has 1 aromatic heterocycles. The summed E-state index contributed by atoms with van der Waals surface area (Å²) >= 11 is 0. The number of carbonyl (C=O) groups is 2. The van der Waals surface area contributed by atoms with Crippen LogP contribution in [0.15, 0.2) is 36.5 Å². The van der Waals surface area contributed by atoms with E-state index < -0.39 is 12.5 Å². The predicted octanol–water partition coefficient (Wildman–Crippen LogP) is 2.73. The number of hydrogen-bond donors (Lipinski definition) is 2. The lowest BCUT2D eigenvalue weighted by atomic mass is 10.1. The zero-order valence-electron chi connectivity index (χ0n) is 17.8. The molecule has 1 aliphatic rings. The van der Waals surface area contributed by atoms with Crippen LogP contribution in [0.3, 0.4) is 0 Å². The number of rotatable bonds is 9. The number of aromatic nitrogens is 1. The topological polar surface area (TPSA) is 92.8 Å². The number of amides is 2. The zero-order valence-corrected chi connectivity index (χ0v) is 17.8. The van der Waals surface area contributed by atoms with E-state index in [1.165, 1.54) is 31.7 Å². The first-order valence-electron chi connectivity index (χ1n) is 10.3. The molecule has 2 N–H and O–H groups in total. The molecule has 0 radical (unpaired) electrons. The van der Waals surface area contributed by atoms with Crippen LogP contribution in [-0.2, 0) is 11.3 Å². The molecule has 1 fully saturated rings. The van der Waals surface area contributed by atoms with Crippen molar-refractivity contribution in [3.8, 4) is 11.5 Å². The number of methoxy groups -OCH3 is 1. The van der Waals surface area contributed by atoms with Crippen LogP contribution in [0.4, 0.5) is 14.6 Å². The van der Waals surface area contributed by atoms with E-state index >= 15 is 0 Å². The van der Waals surface area contributed by atoms with Gasteiger partial charge in [0.15, 0.2) is 11.5 Å². The van der Waals surface area contributed by atoms with Crippen molar-refractivity contribution in [2.45, 2.75) is 32.4 Å². The van der Waals surface area contributed by atoms with Crippen molar-refractivity contribution in [2.75, 3.05) is 31.6 Å². The molecule has 10 heteroatoms. The smallest absolute Gasteiger partial charge is 0.387 e. The molecule has 8 nitrogen and oxygen atoms in total. The number of benzene rings is 1. The van der Waals surface area contributed by atoms with Crippen molar-refractivity contribution in [1.82, 2.24) is 15.6 Å². The Morgan fingerprint density at radius 1 is 1.12 bits per heavy atom. The second kappa shape index (κ2) is 11.3. The largest absolute Gasteiger partial charge is 0.493 e. The quantitative estimate of drug-likeness (QED) is 0.613. The summed E-state index contributed by atoms with van der Waals surface area (Å²) in [6.45, 7) is -1.07. The van der Waals surface area contributed by atoms with E-state index in [2.05, 4.69) is 25.3 Å². The van der Waals surface area contributed by atoms with E-state index in [-0.39, 0.29) is 29.5 Å². The Bertz CT molecular complexity index is 936. The predicted molar refractivity (Wildman–Crippen MR) is 114 cm³/mol. The first-order chi connectivity index (χ1) is 15.5. The highest BCUT2D eigenvalue weighted by atomic mass is 19.3. The maximum Gasteiger partial charge on any atom is 0.387 e. The monoisotopic (exact) mass is 448 g/mol. The number of nitrogens with zero attached hydrogens (tertiary/aromatic N) is 2. The van der Waals surface area contributed by atoms with Gasteiger partial charge in [-0.3, -0.25) is 9.59 Å². The van der Waals surface area contributed by atoms with Crippen LogP contribution in [0.5, 0.6) is 11.5 Å². The summed E-state index contributed by atoms with van der Waals surface area (Å²) < 4.78 is 34.2. The van der Waals surface area contributed by atoms with Crippen molar-refractivity contribution in [1.29, 1.82) is 0 Å². The Labute approximate surface area is 184 Å². The molecular formula is C22H26F2N4O4. The number of pyridine rings is 1. The van der Waals surface area contributed by atoms with Crippen LogP contribution >= 0.6 is 0 Å². The maximum atomic E-state index is 12.4. The lowest BCUT2D eigenvalue weighted by Gasteiger charge is -2.29. The Balaban J connectivity index is 1.53. The average molecular weight is 448 g/mol. The van der Waals surface area contributed by atoms with Crippen molar-refractivity contribution >= 4 is 17.6 Å². The summed E-state index contributed by atoms with van der Waals surface area (Å²) in [7, 11) is 1.28. The van der Waals surface area contributed by atoms with Crippen molar-refractivity contribution in [2.24, 2.45) is 0 Å². The van der Waals surface area contributed by atoms with Crippen molar-refractivity contribution < 1.29 is 27.8 Å². The van der Waals surface area contributed by atoms with Gasteiger partial charge in [0.2, 0.25) is 5.91 Å². The fraction of sp³-hybridized carbons (Fsp3) is 0.409. The normalized spacial score (nSPS) is 13.6. The molecule has 0 atom stereocenters. The van der Waals surface area contributed by atoms with Crippen LogP contribution in [0.2, 0.25) is 0 Å². The highest BCUT2D eigenvalue weighted by molar-refractivity contribution is 5.97. The van der Waals surface area contributed by atoms with Gasteiger partial charge in [-0.15, -0.1) is 0 Å². The van der Waals surface area contributed by atoms with Gasteiger partial charge in [-0.2, -0.15) is 8.78 Å². The van der Waals surface area contributed by atoms with E-state index in [0.717, 1.165) is 37.3 Å². The fourth-order valence-corrected chi connectivity index (χ4v) is 3.48. The number of ether oxygens (including phenoxy) is 2. The Morgan fingerprint density at radius 2 is 1.91 bits per heavy atom. The fourth-order valence-electron chi connectivity index (χ4n) is 3.48. The third kappa shape index (κ3) is 6.29.